The van der Waals surface area contributed by atoms with Crippen molar-refractivity contribution >= 4 is 22.9 Å². The molecule has 3 nitrogen and oxygen atoms in total. The van der Waals surface area contributed by atoms with Gasteiger partial charge in [-0.2, -0.15) is 0 Å². The van der Waals surface area contributed by atoms with Gasteiger partial charge in [-0.05, 0) is 50.1 Å². The molecule has 0 radical (unpaired) electrons. The minimum atomic E-state index is -0.530. The molecule has 0 saturated heterocycles. The van der Waals surface area contributed by atoms with Crippen LogP contribution in [0.3, 0.4) is 0 Å². The average Bonchev–Trinajstić information content (AvgIpc) is 2.47. The number of hydrogen-bond acceptors (Lipinski definition) is 3. The van der Waals surface area contributed by atoms with Crippen LogP contribution in [0.15, 0.2) is 54.6 Å². The number of para-hydroxylation sites is 1. The van der Waals surface area contributed by atoms with E-state index in [2.05, 4.69) is 5.32 Å². The quantitative estimate of drug-likeness (QED) is 0.820. The van der Waals surface area contributed by atoms with Crippen LogP contribution in [-0.4, -0.2) is 11.6 Å². The lowest BCUT2D eigenvalue weighted by Gasteiger charge is -2.11. The minimum Gasteiger partial charge on any atom is -0.356 e. The van der Waals surface area contributed by atoms with Gasteiger partial charge in [-0.3, -0.25) is 9.59 Å². The van der Waals surface area contributed by atoms with Crippen LogP contribution in [0.1, 0.15) is 19.4 Å². The summed E-state index contributed by atoms with van der Waals surface area (Å²) in [5, 5.41) is 3.30. The molecule has 21 heavy (non-hydrogen) atoms. The minimum absolute atomic E-state index is 0.0750. The molecule has 3 heteroatoms. The van der Waals surface area contributed by atoms with Gasteiger partial charge in [-0.1, -0.05) is 30.3 Å². The molecular weight excluding hydrogens is 262 g/mol. The summed E-state index contributed by atoms with van der Waals surface area (Å²) in [7, 11) is 0. The third-order valence-electron chi connectivity index (χ3n) is 3.44. The maximum Gasteiger partial charge on any atom is 0.140 e. The van der Waals surface area contributed by atoms with Gasteiger partial charge >= 0.3 is 0 Å². The van der Waals surface area contributed by atoms with Crippen molar-refractivity contribution < 1.29 is 9.59 Å². The summed E-state index contributed by atoms with van der Waals surface area (Å²) in [5.41, 5.74) is 2.99. The van der Waals surface area contributed by atoms with E-state index in [4.69, 9.17) is 0 Å². The van der Waals surface area contributed by atoms with Gasteiger partial charge in [0.15, 0.2) is 0 Å². The SMILES string of the molecule is CC(=O)C(Cc1ccc(Nc2ccccc2)cc1)C(C)=O. The van der Waals surface area contributed by atoms with Gasteiger partial charge in [0, 0.05) is 11.4 Å². The van der Waals surface area contributed by atoms with Crippen LogP contribution in [0, 0.1) is 5.92 Å². The van der Waals surface area contributed by atoms with Crippen LogP contribution < -0.4 is 5.32 Å². The Morgan fingerprint density at radius 1 is 0.857 bits per heavy atom. The Balaban J connectivity index is 2.05. The molecule has 0 spiro atoms. The molecule has 0 aliphatic heterocycles. The monoisotopic (exact) mass is 281 g/mol. The Morgan fingerprint density at radius 2 is 1.38 bits per heavy atom. The zero-order chi connectivity index (χ0) is 15.2. The first-order valence-corrected chi connectivity index (χ1v) is 6.98. The molecule has 0 aliphatic carbocycles. The molecule has 0 fully saturated rings. The first-order chi connectivity index (χ1) is 10.1. The van der Waals surface area contributed by atoms with E-state index in [0.29, 0.717) is 6.42 Å². The van der Waals surface area contributed by atoms with E-state index in [1.54, 1.807) is 0 Å². The van der Waals surface area contributed by atoms with Crippen molar-refractivity contribution in [3.8, 4) is 0 Å². The highest BCUT2D eigenvalue weighted by Crippen LogP contribution is 2.18. The van der Waals surface area contributed by atoms with Gasteiger partial charge in [0.25, 0.3) is 0 Å². The molecular formula is C18H19NO2. The fourth-order valence-electron chi connectivity index (χ4n) is 2.22. The van der Waals surface area contributed by atoms with E-state index in [1.165, 1.54) is 13.8 Å². The highest BCUT2D eigenvalue weighted by Gasteiger charge is 2.19. The highest BCUT2D eigenvalue weighted by molar-refractivity contribution is 6.00. The number of benzene rings is 2. The van der Waals surface area contributed by atoms with E-state index in [9.17, 15) is 9.59 Å². The fourth-order valence-corrected chi connectivity index (χ4v) is 2.22. The van der Waals surface area contributed by atoms with E-state index >= 15 is 0 Å². The standard InChI is InChI=1S/C18H19NO2/c1-13(20)18(14(2)21)12-15-8-10-17(11-9-15)19-16-6-4-3-5-7-16/h3-11,18-19H,12H2,1-2H3. The van der Waals surface area contributed by atoms with E-state index in [0.717, 1.165) is 16.9 Å². The molecule has 108 valence electrons. The Hall–Kier alpha value is -2.42. The summed E-state index contributed by atoms with van der Waals surface area (Å²) in [5.74, 6) is -0.680. The third-order valence-corrected chi connectivity index (χ3v) is 3.44. The van der Waals surface area contributed by atoms with Crippen molar-refractivity contribution in [1.29, 1.82) is 0 Å². The van der Waals surface area contributed by atoms with E-state index < -0.39 is 5.92 Å². The van der Waals surface area contributed by atoms with Crippen molar-refractivity contribution in [3.63, 3.8) is 0 Å². The summed E-state index contributed by atoms with van der Waals surface area (Å²) >= 11 is 0. The highest BCUT2D eigenvalue weighted by atomic mass is 16.1. The lowest BCUT2D eigenvalue weighted by molar-refractivity contribution is -0.130. The number of carbonyl (C=O) groups is 2. The summed E-state index contributed by atoms with van der Waals surface area (Å²) < 4.78 is 0. The molecule has 0 saturated carbocycles. The Labute approximate surface area is 125 Å². The molecule has 2 aromatic rings. The van der Waals surface area contributed by atoms with Crippen LogP contribution in [0.4, 0.5) is 11.4 Å². The number of rotatable bonds is 6. The number of hydrogen-bond donors (Lipinski definition) is 1. The molecule has 0 atom stereocenters. The van der Waals surface area contributed by atoms with Gasteiger partial charge in [0.2, 0.25) is 0 Å². The van der Waals surface area contributed by atoms with Crippen molar-refractivity contribution in [2.45, 2.75) is 20.3 Å². The fraction of sp³-hybridized carbons (Fsp3) is 0.222. The van der Waals surface area contributed by atoms with Crippen LogP contribution in [0.25, 0.3) is 0 Å². The van der Waals surface area contributed by atoms with Crippen LogP contribution in [-0.2, 0) is 16.0 Å². The van der Waals surface area contributed by atoms with Gasteiger partial charge < -0.3 is 5.32 Å². The summed E-state index contributed by atoms with van der Waals surface area (Å²) in [6.45, 7) is 2.94. The Kier molecular flexibility index (Phi) is 4.88. The van der Waals surface area contributed by atoms with Gasteiger partial charge in [-0.25, -0.2) is 0 Å². The molecule has 0 bridgehead atoms. The van der Waals surface area contributed by atoms with Gasteiger partial charge in [-0.15, -0.1) is 0 Å². The number of carbonyl (C=O) groups excluding carboxylic acids is 2. The molecule has 0 unspecified atom stereocenters. The third kappa shape index (κ3) is 4.28. The van der Waals surface area contributed by atoms with Gasteiger partial charge in [0.05, 0.1) is 5.92 Å². The predicted molar refractivity (Wildman–Crippen MR) is 84.7 cm³/mol. The second kappa shape index (κ2) is 6.84. The zero-order valence-corrected chi connectivity index (χ0v) is 12.3. The maximum absolute atomic E-state index is 11.5. The van der Waals surface area contributed by atoms with Crippen molar-refractivity contribution in [2.75, 3.05) is 5.32 Å². The van der Waals surface area contributed by atoms with Crippen LogP contribution >= 0.6 is 0 Å². The summed E-state index contributed by atoms with van der Waals surface area (Å²) in [6, 6.07) is 17.7. The molecule has 0 amide bonds. The Morgan fingerprint density at radius 3 is 1.90 bits per heavy atom. The predicted octanol–water partition coefficient (Wildman–Crippen LogP) is 3.77. The Bertz CT molecular complexity index is 603. The van der Waals surface area contributed by atoms with Crippen LogP contribution in [0.2, 0.25) is 0 Å². The molecule has 0 heterocycles. The van der Waals surface area contributed by atoms with Crippen molar-refractivity contribution in [2.24, 2.45) is 5.92 Å². The lowest BCUT2D eigenvalue weighted by Crippen LogP contribution is -2.21. The molecule has 2 aromatic carbocycles. The van der Waals surface area contributed by atoms with Gasteiger partial charge in [0.1, 0.15) is 11.6 Å². The first-order valence-electron chi connectivity index (χ1n) is 6.98. The molecule has 2 rings (SSSR count). The topological polar surface area (TPSA) is 46.2 Å². The smallest absolute Gasteiger partial charge is 0.140 e. The normalized spacial score (nSPS) is 10.4. The number of anilines is 2. The number of nitrogens with one attached hydrogen (secondary N) is 1. The second-order valence-electron chi connectivity index (χ2n) is 5.17. The van der Waals surface area contributed by atoms with Crippen molar-refractivity contribution in [3.05, 3.63) is 60.2 Å². The van der Waals surface area contributed by atoms with E-state index in [1.807, 2.05) is 54.6 Å². The number of ketones is 2. The number of Topliss-reactive ketones (excluding diaryl/α,β-unsaturated/α-hetero) is 2. The summed E-state index contributed by atoms with van der Waals surface area (Å²) in [4.78, 5) is 22.9. The summed E-state index contributed by atoms with van der Waals surface area (Å²) in [6.07, 6.45) is 0.469. The molecule has 0 aromatic heterocycles. The second-order valence-corrected chi connectivity index (χ2v) is 5.17. The largest absolute Gasteiger partial charge is 0.356 e. The lowest BCUT2D eigenvalue weighted by atomic mass is 9.92. The molecule has 0 aliphatic rings. The maximum atomic E-state index is 11.5. The van der Waals surface area contributed by atoms with Crippen molar-refractivity contribution in [1.82, 2.24) is 0 Å². The van der Waals surface area contributed by atoms with Crippen LogP contribution in [0.5, 0.6) is 0 Å². The van der Waals surface area contributed by atoms with E-state index in [-0.39, 0.29) is 11.6 Å². The molecule has 1 N–H and O–H groups in total. The zero-order valence-electron chi connectivity index (χ0n) is 12.3. The first kappa shape index (κ1) is 15.0. The average molecular weight is 281 g/mol.